The van der Waals surface area contributed by atoms with E-state index in [0.29, 0.717) is 5.88 Å². The van der Waals surface area contributed by atoms with Crippen LogP contribution in [0.4, 0.5) is 0 Å². The number of methoxy groups -OCH3 is 1. The molecular weight excluding hydrogens is 224 g/mol. The highest BCUT2D eigenvalue weighted by molar-refractivity contribution is 7.13. The Morgan fingerprint density at radius 3 is 2.88 bits per heavy atom. The molecule has 0 aliphatic carbocycles. The predicted molar refractivity (Wildman–Crippen MR) is 62.5 cm³/mol. The topological polar surface area (TPSA) is 59.9 Å². The van der Waals surface area contributed by atoms with Crippen LogP contribution in [0.3, 0.4) is 0 Å². The minimum Gasteiger partial charge on any atom is -0.480 e. The van der Waals surface area contributed by atoms with Crippen LogP contribution in [0.15, 0.2) is 17.5 Å². The fourth-order valence-corrected chi connectivity index (χ4v) is 2.01. The molecule has 0 radical (unpaired) electrons. The van der Waals surface area contributed by atoms with Gasteiger partial charge in [0.2, 0.25) is 5.88 Å². The van der Waals surface area contributed by atoms with Gasteiger partial charge in [-0.05, 0) is 13.1 Å². The molecule has 2 aromatic rings. The molecule has 0 atom stereocenters. The molecule has 0 spiro atoms. The Morgan fingerprint density at radius 2 is 2.25 bits per heavy atom. The number of thiazole rings is 1. The average Bonchev–Trinajstić information content (AvgIpc) is 2.78. The van der Waals surface area contributed by atoms with Crippen LogP contribution in [0.5, 0.6) is 5.88 Å². The first-order valence-electron chi connectivity index (χ1n) is 4.80. The molecule has 2 heterocycles. The van der Waals surface area contributed by atoms with Crippen molar-refractivity contribution in [3.05, 3.63) is 23.2 Å². The quantitative estimate of drug-likeness (QED) is 0.867. The van der Waals surface area contributed by atoms with E-state index in [1.165, 1.54) is 0 Å². The number of ether oxygens (including phenoxy) is 1. The van der Waals surface area contributed by atoms with E-state index in [-0.39, 0.29) is 0 Å². The van der Waals surface area contributed by atoms with Crippen molar-refractivity contribution in [1.29, 1.82) is 0 Å². The number of nitrogens with one attached hydrogen (secondary N) is 1. The van der Waals surface area contributed by atoms with Crippen LogP contribution in [0.1, 0.15) is 5.69 Å². The van der Waals surface area contributed by atoms with Gasteiger partial charge in [0.15, 0.2) is 0 Å². The Hall–Kier alpha value is -1.53. The summed E-state index contributed by atoms with van der Waals surface area (Å²) in [4.78, 5) is 4.44. The minimum absolute atomic E-state index is 0.510. The lowest BCUT2D eigenvalue weighted by Gasteiger charge is -1.97. The molecule has 0 amide bonds. The van der Waals surface area contributed by atoms with Gasteiger partial charge in [-0.15, -0.1) is 21.5 Å². The zero-order valence-corrected chi connectivity index (χ0v) is 9.91. The third-order valence-corrected chi connectivity index (χ3v) is 2.89. The van der Waals surface area contributed by atoms with Crippen molar-refractivity contribution in [2.45, 2.75) is 6.54 Å². The average molecular weight is 236 g/mol. The maximum Gasteiger partial charge on any atom is 0.233 e. The zero-order valence-electron chi connectivity index (χ0n) is 9.10. The second-order valence-corrected chi connectivity index (χ2v) is 3.99. The van der Waals surface area contributed by atoms with Gasteiger partial charge in [-0.3, -0.25) is 0 Å². The molecule has 0 aliphatic heterocycles. The Balaban J connectivity index is 2.21. The number of rotatable bonds is 4. The van der Waals surface area contributed by atoms with Gasteiger partial charge in [0.1, 0.15) is 10.7 Å². The molecule has 0 bridgehead atoms. The maximum atomic E-state index is 4.95. The molecule has 0 fully saturated rings. The lowest BCUT2D eigenvalue weighted by Crippen LogP contribution is -2.04. The summed E-state index contributed by atoms with van der Waals surface area (Å²) in [5, 5.41) is 13.9. The Kier molecular flexibility index (Phi) is 3.43. The summed E-state index contributed by atoms with van der Waals surface area (Å²) in [6.07, 6.45) is 0. The summed E-state index contributed by atoms with van der Waals surface area (Å²) >= 11 is 1.56. The van der Waals surface area contributed by atoms with E-state index in [4.69, 9.17) is 4.74 Å². The van der Waals surface area contributed by atoms with Crippen molar-refractivity contribution in [2.24, 2.45) is 0 Å². The standard InChI is InChI=1S/C10H12N4OS/c1-11-5-7-6-16-10(12-7)8-3-4-9(15-2)14-13-8/h3-4,6,11H,5H2,1-2H3. The highest BCUT2D eigenvalue weighted by Crippen LogP contribution is 2.21. The maximum absolute atomic E-state index is 4.95. The summed E-state index contributed by atoms with van der Waals surface area (Å²) in [6.45, 7) is 0.764. The second-order valence-electron chi connectivity index (χ2n) is 3.14. The Labute approximate surface area is 97.5 Å². The number of hydrogen-bond donors (Lipinski definition) is 1. The molecule has 6 heteroatoms. The molecule has 2 aromatic heterocycles. The normalized spacial score (nSPS) is 10.4. The SMILES string of the molecule is CNCc1csc(-c2ccc(OC)nn2)n1. The van der Waals surface area contributed by atoms with Crippen LogP contribution in [0.2, 0.25) is 0 Å². The molecule has 16 heavy (non-hydrogen) atoms. The fourth-order valence-electron chi connectivity index (χ4n) is 1.23. The molecule has 0 aliphatic rings. The molecule has 0 saturated heterocycles. The van der Waals surface area contributed by atoms with Gasteiger partial charge in [0.05, 0.1) is 12.8 Å². The van der Waals surface area contributed by atoms with Gasteiger partial charge < -0.3 is 10.1 Å². The summed E-state index contributed by atoms with van der Waals surface area (Å²) in [6, 6.07) is 3.63. The van der Waals surface area contributed by atoms with Crippen molar-refractivity contribution in [2.75, 3.05) is 14.2 Å². The van der Waals surface area contributed by atoms with Crippen molar-refractivity contribution < 1.29 is 4.74 Å². The van der Waals surface area contributed by atoms with E-state index in [2.05, 4.69) is 20.5 Å². The van der Waals surface area contributed by atoms with E-state index < -0.39 is 0 Å². The molecule has 2 rings (SSSR count). The lowest BCUT2D eigenvalue weighted by molar-refractivity contribution is 0.392. The monoisotopic (exact) mass is 236 g/mol. The van der Waals surface area contributed by atoms with Crippen molar-refractivity contribution >= 4 is 11.3 Å². The second kappa shape index (κ2) is 5.00. The smallest absolute Gasteiger partial charge is 0.233 e. The van der Waals surface area contributed by atoms with E-state index in [1.54, 1.807) is 24.5 Å². The molecular formula is C10H12N4OS. The molecule has 84 valence electrons. The number of nitrogens with zero attached hydrogens (tertiary/aromatic N) is 3. The van der Waals surface area contributed by atoms with Gasteiger partial charge in [0.25, 0.3) is 0 Å². The van der Waals surface area contributed by atoms with Gasteiger partial charge >= 0.3 is 0 Å². The highest BCUT2D eigenvalue weighted by Gasteiger charge is 2.06. The molecule has 0 unspecified atom stereocenters. The summed E-state index contributed by atoms with van der Waals surface area (Å²) in [5.74, 6) is 0.510. The first-order valence-corrected chi connectivity index (χ1v) is 5.68. The van der Waals surface area contributed by atoms with Crippen LogP contribution < -0.4 is 10.1 Å². The van der Waals surface area contributed by atoms with Crippen molar-refractivity contribution in [3.63, 3.8) is 0 Å². The fraction of sp³-hybridized carbons (Fsp3) is 0.300. The lowest BCUT2D eigenvalue weighted by atomic mass is 10.4. The van der Waals surface area contributed by atoms with Crippen molar-refractivity contribution in [3.8, 4) is 16.6 Å². The van der Waals surface area contributed by atoms with Gasteiger partial charge in [-0.1, -0.05) is 0 Å². The largest absolute Gasteiger partial charge is 0.480 e. The van der Waals surface area contributed by atoms with E-state index >= 15 is 0 Å². The minimum atomic E-state index is 0.510. The van der Waals surface area contributed by atoms with E-state index in [0.717, 1.165) is 22.9 Å². The van der Waals surface area contributed by atoms with Crippen LogP contribution in [-0.2, 0) is 6.54 Å². The van der Waals surface area contributed by atoms with Crippen LogP contribution in [-0.4, -0.2) is 29.3 Å². The van der Waals surface area contributed by atoms with E-state index in [1.807, 2.05) is 18.5 Å². The molecule has 1 N–H and O–H groups in total. The van der Waals surface area contributed by atoms with E-state index in [9.17, 15) is 0 Å². The first kappa shape index (κ1) is 11.0. The predicted octanol–water partition coefficient (Wildman–Crippen LogP) is 1.33. The van der Waals surface area contributed by atoms with Gasteiger partial charge in [-0.25, -0.2) is 4.98 Å². The molecule has 0 saturated carbocycles. The summed E-state index contributed by atoms with van der Waals surface area (Å²) in [7, 11) is 3.46. The highest BCUT2D eigenvalue weighted by atomic mass is 32.1. The number of hydrogen-bond acceptors (Lipinski definition) is 6. The molecule has 5 nitrogen and oxygen atoms in total. The summed E-state index contributed by atoms with van der Waals surface area (Å²) in [5.41, 5.74) is 1.79. The third kappa shape index (κ3) is 2.34. The van der Waals surface area contributed by atoms with Crippen LogP contribution in [0, 0.1) is 0 Å². The molecule has 0 aromatic carbocycles. The Bertz CT molecular complexity index is 454. The zero-order chi connectivity index (χ0) is 11.4. The first-order chi connectivity index (χ1) is 7.83. The number of aromatic nitrogens is 3. The van der Waals surface area contributed by atoms with Crippen molar-refractivity contribution in [1.82, 2.24) is 20.5 Å². The van der Waals surface area contributed by atoms with Gasteiger partial charge in [-0.2, -0.15) is 0 Å². The third-order valence-electron chi connectivity index (χ3n) is 1.98. The Morgan fingerprint density at radius 1 is 1.38 bits per heavy atom. The van der Waals surface area contributed by atoms with Crippen LogP contribution >= 0.6 is 11.3 Å². The van der Waals surface area contributed by atoms with Crippen LogP contribution in [0.25, 0.3) is 10.7 Å². The summed E-state index contributed by atoms with van der Waals surface area (Å²) < 4.78 is 4.95. The van der Waals surface area contributed by atoms with Gasteiger partial charge in [0, 0.05) is 18.0 Å².